The molecule has 1 aliphatic rings. The summed E-state index contributed by atoms with van der Waals surface area (Å²) in [6.07, 6.45) is 5.03. The van der Waals surface area contributed by atoms with Gasteiger partial charge in [-0.25, -0.2) is 12.8 Å². The Labute approximate surface area is 227 Å². The van der Waals surface area contributed by atoms with Crippen LogP contribution in [0, 0.1) is 11.2 Å². The van der Waals surface area contributed by atoms with Crippen LogP contribution in [0.3, 0.4) is 0 Å². The number of amides is 1. The van der Waals surface area contributed by atoms with Gasteiger partial charge in [0.2, 0.25) is 0 Å². The number of sulfonamides is 1. The first-order valence-electron chi connectivity index (χ1n) is 12.1. The van der Waals surface area contributed by atoms with Crippen molar-refractivity contribution < 1.29 is 17.6 Å². The minimum atomic E-state index is -3.83. The standard InChI is InChI=1S/C28H28ClFN4O3S/c29-24-10-7-23(27(30)19-24)20-33-14-3-15-34(17-16-33)28(35)22-8-11-25(12-9-22)32-38(36,37)26-6-1-4-21(18-26)5-2-13-31/h1-2,4-13,18-19,31-32H,3,14-17,20H2/b5-2-,31-13?. The predicted octanol–water partition coefficient (Wildman–Crippen LogP) is 5.29. The van der Waals surface area contributed by atoms with Crippen LogP contribution in [-0.2, 0) is 16.6 Å². The fourth-order valence-corrected chi connectivity index (χ4v) is 5.52. The van der Waals surface area contributed by atoms with Crippen molar-refractivity contribution >= 4 is 45.5 Å². The van der Waals surface area contributed by atoms with E-state index in [1.165, 1.54) is 24.3 Å². The fourth-order valence-electron chi connectivity index (χ4n) is 4.25. The molecular formula is C28H28ClFN4O3S. The average molecular weight is 555 g/mol. The van der Waals surface area contributed by atoms with Crippen molar-refractivity contribution in [3.63, 3.8) is 0 Å². The van der Waals surface area contributed by atoms with Crippen molar-refractivity contribution in [2.75, 3.05) is 30.9 Å². The van der Waals surface area contributed by atoms with Crippen LogP contribution in [0.5, 0.6) is 0 Å². The zero-order valence-electron chi connectivity index (χ0n) is 20.6. The first-order chi connectivity index (χ1) is 18.2. The molecule has 0 radical (unpaired) electrons. The molecular weight excluding hydrogens is 527 g/mol. The molecule has 1 aliphatic heterocycles. The van der Waals surface area contributed by atoms with Crippen molar-refractivity contribution in [1.29, 1.82) is 5.41 Å². The molecule has 38 heavy (non-hydrogen) atoms. The van der Waals surface area contributed by atoms with E-state index in [-0.39, 0.29) is 16.6 Å². The molecule has 0 saturated carbocycles. The zero-order valence-corrected chi connectivity index (χ0v) is 22.2. The SMILES string of the molecule is N=C/C=C\c1cccc(S(=O)(=O)Nc2ccc(C(=O)N3CCCN(Cc4ccc(Cl)cc4F)CC3)cc2)c1. The maximum Gasteiger partial charge on any atom is 0.261 e. The van der Waals surface area contributed by atoms with Gasteiger partial charge in [0.25, 0.3) is 15.9 Å². The smallest absolute Gasteiger partial charge is 0.261 e. The Morgan fingerprint density at radius 1 is 1.03 bits per heavy atom. The monoisotopic (exact) mass is 554 g/mol. The highest BCUT2D eigenvalue weighted by molar-refractivity contribution is 7.92. The number of anilines is 1. The zero-order chi connectivity index (χ0) is 27.1. The summed E-state index contributed by atoms with van der Waals surface area (Å²) in [5.41, 5.74) is 2.03. The minimum absolute atomic E-state index is 0.0948. The van der Waals surface area contributed by atoms with Gasteiger partial charge in [0.15, 0.2) is 0 Å². The highest BCUT2D eigenvalue weighted by atomic mass is 35.5. The first kappa shape index (κ1) is 27.5. The Bertz CT molecular complexity index is 1440. The molecule has 3 aromatic rings. The van der Waals surface area contributed by atoms with E-state index in [1.807, 2.05) is 0 Å². The number of carbonyl (C=O) groups is 1. The van der Waals surface area contributed by atoms with Crippen LogP contribution in [-0.4, -0.2) is 56.5 Å². The molecule has 1 heterocycles. The lowest BCUT2D eigenvalue weighted by Gasteiger charge is -2.22. The van der Waals surface area contributed by atoms with Gasteiger partial charge in [0, 0.05) is 60.8 Å². The van der Waals surface area contributed by atoms with Gasteiger partial charge in [-0.05, 0) is 66.6 Å². The summed E-state index contributed by atoms with van der Waals surface area (Å²) in [6.45, 7) is 2.88. The normalized spacial score (nSPS) is 14.8. The Kier molecular flexibility index (Phi) is 8.93. The fraction of sp³-hybridized carbons (Fsp3) is 0.214. The van der Waals surface area contributed by atoms with Crippen LogP contribution >= 0.6 is 11.6 Å². The summed E-state index contributed by atoms with van der Waals surface area (Å²) < 4.78 is 42.4. The lowest BCUT2D eigenvalue weighted by atomic mass is 10.2. The summed E-state index contributed by atoms with van der Waals surface area (Å²) in [5.74, 6) is -0.470. The summed E-state index contributed by atoms with van der Waals surface area (Å²) >= 11 is 5.85. The molecule has 0 atom stereocenters. The van der Waals surface area contributed by atoms with Crippen molar-refractivity contribution in [2.45, 2.75) is 17.9 Å². The third kappa shape index (κ3) is 7.06. The van der Waals surface area contributed by atoms with Crippen LogP contribution < -0.4 is 4.72 Å². The number of rotatable bonds is 8. The van der Waals surface area contributed by atoms with Gasteiger partial charge in [-0.15, -0.1) is 0 Å². The molecule has 0 bridgehead atoms. The number of hydrogen-bond donors (Lipinski definition) is 2. The highest BCUT2D eigenvalue weighted by Crippen LogP contribution is 2.20. The van der Waals surface area contributed by atoms with E-state index >= 15 is 0 Å². The molecule has 4 rings (SSSR count). The maximum absolute atomic E-state index is 14.2. The van der Waals surface area contributed by atoms with Crippen LogP contribution in [0.4, 0.5) is 10.1 Å². The lowest BCUT2D eigenvalue weighted by Crippen LogP contribution is -2.35. The molecule has 7 nitrogen and oxygen atoms in total. The molecule has 0 unspecified atom stereocenters. The number of hydrogen-bond acceptors (Lipinski definition) is 5. The van der Waals surface area contributed by atoms with Crippen molar-refractivity contribution in [2.24, 2.45) is 0 Å². The topological polar surface area (TPSA) is 93.6 Å². The number of benzene rings is 3. The Hall–Kier alpha value is -3.53. The number of carbonyl (C=O) groups excluding carboxylic acids is 1. The first-order valence-corrected chi connectivity index (χ1v) is 14.0. The number of nitrogens with one attached hydrogen (secondary N) is 2. The Balaban J connectivity index is 1.37. The van der Waals surface area contributed by atoms with Gasteiger partial charge in [-0.3, -0.25) is 14.4 Å². The average Bonchev–Trinajstić information content (AvgIpc) is 3.15. The lowest BCUT2D eigenvalue weighted by molar-refractivity contribution is 0.0761. The Morgan fingerprint density at radius 2 is 1.82 bits per heavy atom. The molecule has 198 valence electrons. The maximum atomic E-state index is 14.2. The molecule has 1 amide bonds. The Morgan fingerprint density at radius 3 is 2.55 bits per heavy atom. The number of allylic oxidation sites excluding steroid dienone is 1. The predicted molar refractivity (Wildman–Crippen MR) is 149 cm³/mol. The molecule has 0 spiro atoms. The van der Waals surface area contributed by atoms with Gasteiger partial charge < -0.3 is 10.3 Å². The second-order valence-electron chi connectivity index (χ2n) is 8.94. The molecule has 3 aromatic carbocycles. The van der Waals surface area contributed by atoms with Crippen LogP contribution in [0.15, 0.2) is 77.7 Å². The van der Waals surface area contributed by atoms with Gasteiger partial charge >= 0.3 is 0 Å². The largest absolute Gasteiger partial charge is 0.337 e. The van der Waals surface area contributed by atoms with E-state index < -0.39 is 10.0 Å². The second kappa shape index (κ2) is 12.3. The second-order valence-corrected chi connectivity index (χ2v) is 11.1. The van der Waals surface area contributed by atoms with Gasteiger partial charge in [-0.1, -0.05) is 35.9 Å². The van der Waals surface area contributed by atoms with Gasteiger partial charge in [0.1, 0.15) is 5.82 Å². The third-order valence-electron chi connectivity index (χ3n) is 6.22. The van der Waals surface area contributed by atoms with Gasteiger partial charge in [0.05, 0.1) is 4.90 Å². The molecule has 1 fully saturated rings. The quantitative estimate of drug-likeness (QED) is 0.370. The van der Waals surface area contributed by atoms with Crippen LogP contribution in [0.1, 0.15) is 27.9 Å². The third-order valence-corrected chi connectivity index (χ3v) is 7.84. The summed E-state index contributed by atoms with van der Waals surface area (Å²) in [5, 5.41) is 7.44. The van der Waals surface area contributed by atoms with Crippen LogP contribution in [0.2, 0.25) is 5.02 Å². The van der Waals surface area contributed by atoms with Crippen molar-refractivity contribution in [3.05, 3.63) is 100 Å². The summed E-state index contributed by atoms with van der Waals surface area (Å²) in [6, 6.07) is 17.4. The molecule has 0 aliphatic carbocycles. The summed E-state index contributed by atoms with van der Waals surface area (Å²) in [7, 11) is -3.83. The molecule has 10 heteroatoms. The molecule has 1 saturated heterocycles. The summed E-state index contributed by atoms with van der Waals surface area (Å²) in [4.78, 5) is 17.1. The van der Waals surface area contributed by atoms with E-state index in [1.54, 1.807) is 59.5 Å². The molecule has 2 N–H and O–H groups in total. The van der Waals surface area contributed by atoms with E-state index in [0.29, 0.717) is 53.6 Å². The van der Waals surface area contributed by atoms with Crippen LogP contribution in [0.25, 0.3) is 6.08 Å². The molecule has 0 aromatic heterocycles. The highest BCUT2D eigenvalue weighted by Gasteiger charge is 2.21. The van der Waals surface area contributed by atoms with Crippen molar-refractivity contribution in [3.8, 4) is 0 Å². The van der Waals surface area contributed by atoms with Gasteiger partial charge in [-0.2, -0.15) is 0 Å². The van der Waals surface area contributed by atoms with Crippen molar-refractivity contribution in [1.82, 2.24) is 9.80 Å². The number of nitrogens with zero attached hydrogens (tertiary/aromatic N) is 2. The van der Waals surface area contributed by atoms with E-state index in [4.69, 9.17) is 17.0 Å². The minimum Gasteiger partial charge on any atom is -0.337 e. The van der Waals surface area contributed by atoms with E-state index in [0.717, 1.165) is 19.2 Å². The van der Waals surface area contributed by atoms with E-state index in [2.05, 4.69) is 9.62 Å². The number of halogens is 2. The van der Waals surface area contributed by atoms with E-state index in [9.17, 15) is 17.6 Å².